The minimum Gasteiger partial charge on any atom is -0.350 e. The van der Waals surface area contributed by atoms with Gasteiger partial charge in [-0.05, 0) is 30.5 Å². The molecule has 114 valence electrons. The summed E-state index contributed by atoms with van der Waals surface area (Å²) in [6.07, 6.45) is 0. The third-order valence-corrected chi connectivity index (χ3v) is 3.99. The lowest BCUT2D eigenvalue weighted by Gasteiger charge is -2.13. The third kappa shape index (κ3) is 4.84. The van der Waals surface area contributed by atoms with Crippen molar-refractivity contribution in [3.05, 3.63) is 46.7 Å². The Morgan fingerprint density at radius 3 is 2.62 bits per heavy atom. The van der Waals surface area contributed by atoms with Crippen LogP contribution in [0.5, 0.6) is 0 Å². The zero-order valence-electron chi connectivity index (χ0n) is 12.3. The molecule has 1 heterocycles. The molecule has 0 radical (unpaired) electrons. The number of halogens is 1. The molecule has 2 rings (SSSR count). The Morgan fingerprint density at radius 1 is 1.24 bits per heavy atom. The number of amides is 1. The molecular weight excluding hydrogens is 304 g/mol. The second kappa shape index (κ2) is 8.82. The van der Waals surface area contributed by atoms with E-state index in [2.05, 4.69) is 24.5 Å². The summed E-state index contributed by atoms with van der Waals surface area (Å²) in [4.78, 5) is 13.1. The van der Waals surface area contributed by atoms with Gasteiger partial charge in [0.1, 0.15) is 0 Å². The van der Waals surface area contributed by atoms with Crippen LogP contribution in [0.25, 0.3) is 11.1 Å². The number of rotatable bonds is 6. The minimum atomic E-state index is 0. The van der Waals surface area contributed by atoms with Crippen LogP contribution in [0.1, 0.15) is 23.5 Å². The van der Waals surface area contributed by atoms with E-state index in [1.54, 1.807) is 0 Å². The highest BCUT2D eigenvalue weighted by atomic mass is 35.5. The van der Waals surface area contributed by atoms with Crippen molar-refractivity contribution in [3.63, 3.8) is 0 Å². The second-order valence-electron chi connectivity index (χ2n) is 4.70. The van der Waals surface area contributed by atoms with Crippen molar-refractivity contribution in [1.29, 1.82) is 0 Å². The summed E-state index contributed by atoms with van der Waals surface area (Å²) in [5.41, 5.74) is 2.09. The van der Waals surface area contributed by atoms with Gasteiger partial charge in [0.25, 0.3) is 5.91 Å². The van der Waals surface area contributed by atoms with E-state index >= 15 is 0 Å². The van der Waals surface area contributed by atoms with Gasteiger partial charge in [-0.3, -0.25) is 4.79 Å². The second-order valence-corrected chi connectivity index (χ2v) is 5.61. The molecule has 1 atom stereocenters. The predicted octanol–water partition coefficient (Wildman–Crippen LogP) is 3.56. The monoisotopic (exact) mass is 324 g/mol. The SMILES string of the molecule is CCN[C@H](C)CNC(=O)c1sccc1-c1ccccc1.Cl. The molecule has 21 heavy (non-hydrogen) atoms. The van der Waals surface area contributed by atoms with Gasteiger partial charge in [-0.2, -0.15) is 0 Å². The summed E-state index contributed by atoms with van der Waals surface area (Å²) in [5.74, 6) is 0.00334. The number of carbonyl (C=O) groups excluding carboxylic acids is 1. The first-order chi connectivity index (χ1) is 9.72. The van der Waals surface area contributed by atoms with Crippen LogP contribution < -0.4 is 10.6 Å². The van der Waals surface area contributed by atoms with Crippen molar-refractivity contribution in [2.75, 3.05) is 13.1 Å². The normalized spacial score (nSPS) is 11.5. The number of likely N-dealkylation sites (N-methyl/N-ethyl adjacent to an activating group) is 1. The first-order valence-corrected chi connectivity index (χ1v) is 7.74. The van der Waals surface area contributed by atoms with Crippen molar-refractivity contribution in [2.45, 2.75) is 19.9 Å². The molecule has 0 saturated heterocycles. The molecule has 3 nitrogen and oxygen atoms in total. The average Bonchev–Trinajstić information content (AvgIpc) is 2.95. The Hall–Kier alpha value is -1.36. The molecule has 0 aliphatic rings. The zero-order chi connectivity index (χ0) is 14.4. The van der Waals surface area contributed by atoms with Crippen LogP contribution in [0.3, 0.4) is 0 Å². The maximum atomic E-state index is 12.3. The standard InChI is InChI=1S/C16H20N2OS.ClH/c1-3-17-12(2)11-18-16(19)15-14(9-10-20-15)13-7-5-4-6-8-13;/h4-10,12,17H,3,11H2,1-2H3,(H,18,19);1H/t12-;/m1./s1. The van der Waals surface area contributed by atoms with E-state index in [0.29, 0.717) is 6.54 Å². The molecular formula is C16H21ClN2OS. The van der Waals surface area contributed by atoms with Gasteiger partial charge in [-0.1, -0.05) is 37.3 Å². The summed E-state index contributed by atoms with van der Waals surface area (Å²) >= 11 is 1.49. The number of carbonyl (C=O) groups is 1. The van der Waals surface area contributed by atoms with Crippen LogP contribution in [0, 0.1) is 0 Å². The molecule has 1 amide bonds. The number of benzene rings is 1. The fraction of sp³-hybridized carbons (Fsp3) is 0.312. The fourth-order valence-corrected chi connectivity index (χ4v) is 2.91. The molecule has 2 aromatic rings. The van der Waals surface area contributed by atoms with Gasteiger partial charge in [0, 0.05) is 18.2 Å². The van der Waals surface area contributed by atoms with Crippen molar-refractivity contribution in [1.82, 2.24) is 10.6 Å². The van der Waals surface area contributed by atoms with Crippen molar-refractivity contribution >= 4 is 29.7 Å². The topological polar surface area (TPSA) is 41.1 Å². The zero-order valence-corrected chi connectivity index (χ0v) is 13.9. The molecule has 1 aromatic heterocycles. The highest BCUT2D eigenvalue weighted by Gasteiger charge is 2.14. The van der Waals surface area contributed by atoms with E-state index in [9.17, 15) is 4.79 Å². The summed E-state index contributed by atoms with van der Waals surface area (Å²) < 4.78 is 0. The van der Waals surface area contributed by atoms with E-state index in [1.165, 1.54) is 11.3 Å². The Kier molecular flexibility index (Phi) is 7.43. The van der Waals surface area contributed by atoms with Gasteiger partial charge in [-0.15, -0.1) is 23.7 Å². The average molecular weight is 325 g/mol. The van der Waals surface area contributed by atoms with Gasteiger partial charge in [-0.25, -0.2) is 0 Å². The molecule has 0 aliphatic heterocycles. The lowest BCUT2D eigenvalue weighted by molar-refractivity contribution is 0.0955. The molecule has 0 aliphatic carbocycles. The fourth-order valence-electron chi connectivity index (χ4n) is 2.08. The summed E-state index contributed by atoms with van der Waals surface area (Å²) in [5, 5.41) is 8.23. The van der Waals surface area contributed by atoms with Crippen LogP contribution in [0.15, 0.2) is 41.8 Å². The smallest absolute Gasteiger partial charge is 0.262 e. The van der Waals surface area contributed by atoms with Gasteiger partial charge in [0.15, 0.2) is 0 Å². The molecule has 0 bridgehead atoms. The Bertz CT molecular complexity index is 556. The van der Waals surface area contributed by atoms with E-state index in [4.69, 9.17) is 0 Å². The van der Waals surface area contributed by atoms with Gasteiger partial charge >= 0.3 is 0 Å². The van der Waals surface area contributed by atoms with E-state index in [-0.39, 0.29) is 24.4 Å². The summed E-state index contributed by atoms with van der Waals surface area (Å²) in [7, 11) is 0. The first-order valence-electron chi connectivity index (χ1n) is 6.87. The van der Waals surface area contributed by atoms with E-state index < -0.39 is 0 Å². The van der Waals surface area contributed by atoms with E-state index in [1.807, 2.05) is 41.8 Å². The molecule has 2 N–H and O–H groups in total. The van der Waals surface area contributed by atoms with E-state index in [0.717, 1.165) is 22.5 Å². The third-order valence-electron chi connectivity index (χ3n) is 3.08. The number of thiophene rings is 1. The highest BCUT2D eigenvalue weighted by molar-refractivity contribution is 7.12. The number of hydrogen-bond acceptors (Lipinski definition) is 3. The van der Waals surface area contributed by atoms with Crippen molar-refractivity contribution < 1.29 is 4.79 Å². The summed E-state index contributed by atoms with van der Waals surface area (Å²) in [6.45, 7) is 5.67. The Labute approximate surface area is 136 Å². The van der Waals surface area contributed by atoms with Crippen LogP contribution in [-0.4, -0.2) is 25.0 Å². The lowest BCUT2D eigenvalue weighted by Crippen LogP contribution is -2.38. The molecule has 0 fully saturated rings. The number of nitrogens with one attached hydrogen (secondary N) is 2. The Morgan fingerprint density at radius 2 is 1.95 bits per heavy atom. The molecule has 0 unspecified atom stereocenters. The summed E-state index contributed by atoms with van der Waals surface area (Å²) in [6, 6.07) is 12.3. The van der Waals surface area contributed by atoms with Crippen LogP contribution in [-0.2, 0) is 0 Å². The largest absolute Gasteiger partial charge is 0.350 e. The number of hydrogen-bond donors (Lipinski definition) is 2. The van der Waals surface area contributed by atoms with Gasteiger partial charge in [0.2, 0.25) is 0 Å². The molecule has 0 spiro atoms. The molecule has 1 aromatic carbocycles. The van der Waals surface area contributed by atoms with Crippen molar-refractivity contribution in [2.24, 2.45) is 0 Å². The van der Waals surface area contributed by atoms with Gasteiger partial charge in [0.05, 0.1) is 4.88 Å². The van der Waals surface area contributed by atoms with Gasteiger partial charge < -0.3 is 10.6 Å². The Balaban J connectivity index is 0.00000220. The maximum Gasteiger partial charge on any atom is 0.262 e. The predicted molar refractivity (Wildman–Crippen MR) is 92.5 cm³/mol. The van der Waals surface area contributed by atoms with Crippen LogP contribution in [0.4, 0.5) is 0 Å². The quantitative estimate of drug-likeness (QED) is 0.853. The van der Waals surface area contributed by atoms with Crippen LogP contribution >= 0.6 is 23.7 Å². The molecule has 0 saturated carbocycles. The lowest BCUT2D eigenvalue weighted by atomic mass is 10.1. The highest BCUT2D eigenvalue weighted by Crippen LogP contribution is 2.27. The first kappa shape index (κ1) is 17.7. The van der Waals surface area contributed by atoms with Crippen LogP contribution in [0.2, 0.25) is 0 Å². The molecule has 5 heteroatoms. The maximum absolute atomic E-state index is 12.3. The van der Waals surface area contributed by atoms with Crippen molar-refractivity contribution in [3.8, 4) is 11.1 Å². The minimum absolute atomic E-state index is 0.